The minimum atomic E-state index is -4.59. The molecule has 2 aromatic carbocycles. The van der Waals surface area contributed by atoms with Crippen molar-refractivity contribution in [3.63, 3.8) is 0 Å². The van der Waals surface area contributed by atoms with Crippen LogP contribution in [0.15, 0.2) is 70.0 Å². The summed E-state index contributed by atoms with van der Waals surface area (Å²) in [6.45, 7) is 0. The summed E-state index contributed by atoms with van der Waals surface area (Å²) in [5.41, 5.74) is -0.651. The molecule has 0 aliphatic carbocycles. The van der Waals surface area contributed by atoms with E-state index in [2.05, 4.69) is 10.0 Å². The van der Waals surface area contributed by atoms with Gasteiger partial charge in [0.05, 0.1) is 16.5 Å². The summed E-state index contributed by atoms with van der Waals surface area (Å²) >= 11 is 0. The number of carbonyl (C=O) groups excluding carboxylic acids is 1. The fraction of sp³-hybridized carbons (Fsp3) is 0.0556. The minimum absolute atomic E-state index is 0.0894. The van der Waals surface area contributed by atoms with Gasteiger partial charge in [0, 0.05) is 11.4 Å². The average molecular weight is 455 g/mol. The van der Waals surface area contributed by atoms with E-state index in [1.807, 2.05) is 0 Å². The molecule has 1 aromatic heterocycles. The van der Waals surface area contributed by atoms with E-state index in [0.29, 0.717) is 12.1 Å². The maximum atomic E-state index is 12.6. The number of alkyl halides is 3. The number of sulfonamides is 1. The van der Waals surface area contributed by atoms with Gasteiger partial charge in [0.25, 0.3) is 15.9 Å². The van der Waals surface area contributed by atoms with Crippen LogP contribution in [0.25, 0.3) is 0 Å². The summed E-state index contributed by atoms with van der Waals surface area (Å²) < 4.78 is 69.5. The van der Waals surface area contributed by atoms with E-state index in [1.165, 1.54) is 24.3 Å². The second-order valence-electron chi connectivity index (χ2n) is 6.05. The molecule has 0 unspecified atom stereocenters. The number of rotatable bonds is 6. The lowest BCUT2D eigenvalue weighted by Gasteiger charge is -2.11. The molecular weight excluding hydrogens is 443 g/mol. The molecule has 0 bridgehead atoms. The van der Waals surface area contributed by atoms with Crippen molar-refractivity contribution >= 4 is 33.2 Å². The summed E-state index contributed by atoms with van der Waals surface area (Å²) in [5, 5.41) is 13.0. The first-order valence-electron chi connectivity index (χ1n) is 8.31. The normalized spacial score (nSPS) is 11.7. The maximum absolute atomic E-state index is 12.6. The molecule has 1 heterocycles. The van der Waals surface area contributed by atoms with Crippen molar-refractivity contribution in [1.29, 1.82) is 0 Å². The Bertz CT molecular complexity index is 1220. The van der Waals surface area contributed by atoms with Crippen LogP contribution in [0.4, 0.5) is 30.4 Å². The van der Waals surface area contributed by atoms with Gasteiger partial charge in [-0.25, -0.2) is 8.42 Å². The van der Waals surface area contributed by atoms with Gasteiger partial charge in [-0.3, -0.25) is 19.6 Å². The molecule has 0 aliphatic rings. The molecule has 3 aromatic rings. The van der Waals surface area contributed by atoms with Gasteiger partial charge in [-0.05, 0) is 54.6 Å². The van der Waals surface area contributed by atoms with E-state index in [-0.39, 0.29) is 22.0 Å². The van der Waals surface area contributed by atoms with Crippen molar-refractivity contribution in [3.05, 3.63) is 82.1 Å². The lowest BCUT2D eigenvalue weighted by atomic mass is 10.2. The topological polar surface area (TPSA) is 132 Å². The van der Waals surface area contributed by atoms with E-state index < -0.39 is 38.5 Å². The molecule has 0 saturated heterocycles. The summed E-state index contributed by atoms with van der Waals surface area (Å²) in [7, 11) is -4.14. The van der Waals surface area contributed by atoms with E-state index in [1.54, 1.807) is 0 Å². The van der Waals surface area contributed by atoms with Gasteiger partial charge in [-0.2, -0.15) is 13.2 Å². The molecular formula is C18H12F3N3O6S. The third-order valence-electron chi connectivity index (χ3n) is 3.88. The van der Waals surface area contributed by atoms with Crippen molar-refractivity contribution in [1.82, 2.24) is 0 Å². The monoisotopic (exact) mass is 455 g/mol. The Kier molecular flexibility index (Phi) is 5.71. The van der Waals surface area contributed by atoms with Crippen molar-refractivity contribution in [2.75, 3.05) is 10.0 Å². The first-order valence-corrected chi connectivity index (χ1v) is 9.80. The van der Waals surface area contributed by atoms with Crippen LogP contribution in [0, 0.1) is 10.1 Å². The van der Waals surface area contributed by atoms with Crippen LogP contribution in [0.1, 0.15) is 16.1 Å². The molecule has 3 rings (SSSR count). The van der Waals surface area contributed by atoms with Crippen LogP contribution in [-0.4, -0.2) is 19.2 Å². The summed E-state index contributed by atoms with van der Waals surface area (Å²) in [6.07, 6.45) is -4.59. The zero-order chi connectivity index (χ0) is 22.8. The van der Waals surface area contributed by atoms with Crippen LogP contribution in [0.5, 0.6) is 0 Å². The van der Waals surface area contributed by atoms with Crippen LogP contribution < -0.4 is 10.0 Å². The van der Waals surface area contributed by atoms with Gasteiger partial charge in [-0.1, -0.05) is 0 Å². The predicted molar refractivity (Wildman–Crippen MR) is 102 cm³/mol. The van der Waals surface area contributed by atoms with Gasteiger partial charge in [0.1, 0.15) is 4.92 Å². The minimum Gasteiger partial charge on any atom is -0.395 e. The van der Waals surface area contributed by atoms with Gasteiger partial charge in [0.15, 0.2) is 5.76 Å². The lowest BCUT2D eigenvalue weighted by molar-refractivity contribution is -0.402. The molecule has 0 fully saturated rings. The smallest absolute Gasteiger partial charge is 0.395 e. The third-order valence-corrected chi connectivity index (χ3v) is 5.28. The number of hydrogen-bond acceptors (Lipinski definition) is 6. The fourth-order valence-corrected chi connectivity index (χ4v) is 3.46. The predicted octanol–water partition coefficient (Wildman–Crippen LogP) is 4.26. The molecule has 0 saturated carbocycles. The highest BCUT2D eigenvalue weighted by Gasteiger charge is 2.30. The first kappa shape index (κ1) is 21.8. The number of nitrogens with zero attached hydrogens (tertiary/aromatic N) is 1. The Labute approximate surface area is 172 Å². The van der Waals surface area contributed by atoms with Crippen LogP contribution in [-0.2, 0) is 16.2 Å². The summed E-state index contributed by atoms with van der Waals surface area (Å²) in [4.78, 5) is 21.5. The largest absolute Gasteiger partial charge is 0.433 e. The lowest BCUT2D eigenvalue weighted by Crippen LogP contribution is -2.14. The second-order valence-corrected chi connectivity index (χ2v) is 7.74. The number of carbonyl (C=O) groups is 1. The number of anilines is 2. The molecule has 2 N–H and O–H groups in total. The molecule has 162 valence electrons. The van der Waals surface area contributed by atoms with Crippen molar-refractivity contribution in [2.45, 2.75) is 11.1 Å². The maximum Gasteiger partial charge on any atom is 0.433 e. The van der Waals surface area contributed by atoms with Gasteiger partial charge in [-0.15, -0.1) is 0 Å². The number of benzene rings is 2. The van der Waals surface area contributed by atoms with E-state index in [4.69, 9.17) is 4.42 Å². The molecule has 0 radical (unpaired) electrons. The van der Waals surface area contributed by atoms with Gasteiger partial charge < -0.3 is 9.73 Å². The molecule has 9 nitrogen and oxygen atoms in total. The number of halogens is 3. The molecule has 13 heteroatoms. The summed E-state index contributed by atoms with van der Waals surface area (Å²) in [6, 6.07) is 10.4. The third kappa shape index (κ3) is 5.19. The highest BCUT2D eigenvalue weighted by Crippen LogP contribution is 2.30. The van der Waals surface area contributed by atoms with Gasteiger partial charge >= 0.3 is 12.1 Å². The zero-order valence-corrected chi connectivity index (χ0v) is 16.0. The Morgan fingerprint density at radius 3 is 2.03 bits per heavy atom. The SMILES string of the molecule is O=C(Nc1ccc(NS(=O)(=O)c2ccc(C(F)(F)F)cc2)cc1)c1ccc([N+](=O)[O-])o1. The Balaban J connectivity index is 1.68. The Hall–Kier alpha value is -3.87. The number of furan rings is 1. The molecule has 0 atom stereocenters. The van der Waals surface area contributed by atoms with Crippen LogP contribution in [0.3, 0.4) is 0 Å². The van der Waals surface area contributed by atoms with Crippen molar-refractivity contribution in [3.8, 4) is 0 Å². The highest BCUT2D eigenvalue weighted by atomic mass is 32.2. The average Bonchev–Trinajstić information content (AvgIpc) is 3.19. The molecule has 1 amide bonds. The van der Waals surface area contributed by atoms with Gasteiger partial charge in [0.2, 0.25) is 0 Å². The molecule has 0 spiro atoms. The van der Waals surface area contributed by atoms with E-state index in [0.717, 1.165) is 24.3 Å². The fourth-order valence-electron chi connectivity index (χ4n) is 2.40. The molecule has 0 aliphatic heterocycles. The summed E-state index contributed by atoms with van der Waals surface area (Å²) in [5.74, 6) is -1.65. The van der Waals surface area contributed by atoms with E-state index >= 15 is 0 Å². The van der Waals surface area contributed by atoms with E-state index in [9.17, 15) is 36.5 Å². The Morgan fingerprint density at radius 1 is 0.935 bits per heavy atom. The Morgan fingerprint density at radius 2 is 1.52 bits per heavy atom. The number of amides is 1. The van der Waals surface area contributed by atoms with Crippen LogP contribution in [0.2, 0.25) is 0 Å². The van der Waals surface area contributed by atoms with Crippen molar-refractivity contribution in [2.24, 2.45) is 0 Å². The second kappa shape index (κ2) is 8.10. The highest BCUT2D eigenvalue weighted by molar-refractivity contribution is 7.92. The standard InChI is InChI=1S/C18H12F3N3O6S/c19-18(20,21)11-1-7-14(8-2-11)31(28,29)23-13-5-3-12(4-6-13)22-17(25)15-9-10-16(30-15)24(26)27/h1-10,23H,(H,22,25). The quantitative estimate of drug-likeness (QED) is 0.422. The number of nitro groups is 1. The number of hydrogen-bond donors (Lipinski definition) is 2. The number of nitrogens with one attached hydrogen (secondary N) is 2. The first-order chi connectivity index (χ1) is 14.5. The van der Waals surface area contributed by atoms with Crippen LogP contribution >= 0.6 is 0 Å². The van der Waals surface area contributed by atoms with Crippen molar-refractivity contribution < 1.29 is 35.7 Å². The zero-order valence-electron chi connectivity index (χ0n) is 15.2. The molecule has 31 heavy (non-hydrogen) atoms.